The Kier molecular flexibility index (Phi) is 5.64. The molecule has 0 aliphatic heterocycles. The summed E-state index contributed by atoms with van der Waals surface area (Å²) in [6.07, 6.45) is 5.79. The summed E-state index contributed by atoms with van der Waals surface area (Å²) in [5.74, 6) is 1.29. The maximum atomic E-state index is 12.6. The predicted octanol–water partition coefficient (Wildman–Crippen LogP) is 3.48. The molecule has 1 saturated carbocycles. The van der Waals surface area contributed by atoms with Gasteiger partial charge >= 0.3 is 0 Å². The lowest BCUT2D eigenvalue weighted by Crippen LogP contribution is -2.36. The predicted molar refractivity (Wildman–Crippen MR) is 99.7 cm³/mol. The highest BCUT2D eigenvalue weighted by atomic mass is 16.1. The first-order chi connectivity index (χ1) is 12.1. The number of nitrogens with one attached hydrogen (secondary N) is 1. The lowest BCUT2D eigenvalue weighted by Gasteiger charge is -2.23. The molecule has 0 spiro atoms. The summed E-state index contributed by atoms with van der Waals surface area (Å²) < 4.78 is 0. The molecule has 2 aromatic rings. The molecule has 0 bridgehead atoms. The number of carbonyl (C=O) groups is 1. The quantitative estimate of drug-likeness (QED) is 0.907. The molecule has 5 heteroatoms. The second kappa shape index (κ2) is 8.10. The van der Waals surface area contributed by atoms with Crippen LogP contribution in [0.15, 0.2) is 36.4 Å². The summed E-state index contributed by atoms with van der Waals surface area (Å²) in [4.78, 5) is 23.5. The Morgan fingerprint density at radius 1 is 1.16 bits per heavy atom. The third kappa shape index (κ3) is 4.78. The second-order valence-corrected chi connectivity index (χ2v) is 6.81. The van der Waals surface area contributed by atoms with Crippen LogP contribution < -0.4 is 10.2 Å². The smallest absolute Gasteiger partial charge is 0.270 e. The molecule has 1 aromatic heterocycles. The summed E-state index contributed by atoms with van der Waals surface area (Å²) in [6.45, 7) is 2.57. The number of benzene rings is 1. The normalized spacial score (nSPS) is 15.0. The van der Waals surface area contributed by atoms with Crippen molar-refractivity contribution in [3.8, 4) is 0 Å². The lowest BCUT2D eigenvalue weighted by atomic mass is 9.95. The molecule has 25 heavy (non-hydrogen) atoms. The van der Waals surface area contributed by atoms with Crippen LogP contribution in [-0.4, -0.2) is 29.0 Å². The van der Waals surface area contributed by atoms with Crippen molar-refractivity contribution in [1.29, 1.82) is 0 Å². The van der Waals surface area contributed by atoms with Crippen LogP contribution in [0.4, 0.5) is 5.82 Å². The minimum Gasteiger partial charge on any atom is -0.355 e. The molecule has 1 fully saturated rings. The SMILES string of the molecule is Cc1nc(C(=O)NC2CCCCC2)cc(N(C)Cc2ccccc2)n1. The van der Waals surface area contributed by atoms with Crippen LogP contribution in [-0.2, 0) is 6.54 Å². The maximum absolute atomic E-state index is 12.6. The van der Waals surface area contributed by atoms with Gasteiger partial charge in [0.2, 0.25) is 0 Å². The van der Waals surface area contributed by atoms with Crippen molar-refractivity contribution in [3.63, 3.8) is 0 Å². The van der Waals surface area contributed by atoms with Crippen LogP contribution in [0.5, 0.6) is 0 Å². The number of carbonyl (C=O) groups excluding carboxylic acids is 1. The fraction of sp³-hybridized carbons (Fsp3) is 0.450. The van der Waals surface area contributed by atoms with E-state index in [1.54, 1.807) is 6.07 Å². The number of aromatic nitrogens is 2. The molecule has 0 unspecified atom stereocenters. The highest BCUT2D eigenvalue weighted by Crippen LogP contribution is 2.19. The number of nitrogens with zero attached hydrogens (tertiary/aromatic N) is 3. The number of anilines is 1. The first-order valence-electron chi connectivity index (χ1n) is 9.03. The number of aryl methyl sites for hydroxylation is 1. The van der Waals surface area contributed by atoms with Gasteiger partial charge in [-0.15, -0.1) is 0 Å². The van der Waals surface area contributed by atoms with Crippen LogP contribution in [0, 0.1) is 6.92 Å². The summed E-state index contributed by atoms with van der Waals surface area (Å²) in [5.41, 5.74) is 1.66. The summed E-state index contributed by atoms with van der Waals surface area (Å²) >= 11 is 0. The molecule has 0 saturated heterocycles. The van der Waals surface area contributed by atoms with Crippen molar-refractivity contribution in [2.45, 2.75) is 51.6 Å². The average Bonchev–Trinajstić information content (AvgIpc) is 2.63. The summed E-state index contributed by atoms with van der Waals surface area (Å²) in [6, 6.07) is 12.3. The second-order valence-electron chi connectivity index (χ2n) is 6.81. The molecule has 132 valence electrons. The third-order valence-electron chi connectivity index (χ3n) is 4.65. The molecule has 0 atom stereocenters. The molecule has 1 N–H and O–H groups in total. The first kappa shape index (κ1) is 17.4. The van der Waals surface area contributed by atoms with Crippen LogP contribution in [0.2, 0.25) is 0 Å². The van der Waals surface area contributed by atoms with Gasteiger partial charge in [0, 0.05) is 25.7 Å². The molecule has 1 aliphatic rings. The topological polar surface area (TPSA) is 58.1 Å². The van der Waals surface area contributed by atoms with E-state index in [9.17, 15) is 4.79 Å². The Bertz CT molecular complexity index is 711. The Morgan fingerprint density at radius 3 is 2.60 bits per heavy atom. The number of hydrogen-bond donors (Lipinski definition) is 1. The number of rotatable bonds is 5. The minimum atomic E-state index is -0.0910. The Morgan fingerprint density at radius 2 is 1.88 bits per heavy atom. The van der Waals surface area contributed by atoms with E-state index in [0.29, 0.717) is 11.5 Å². The van der Waals surface area contributed by atoms with Gasteiger partial charge in [0.05, 0.1) is 0 Å². The molecule has 0 radical (unpaired) electrons. The molecule has 1 amide bonds. The fourth-order valence-electron chi connectivity index (χ4n) is 3.31. The summed E-state index contributed by atoms with van der Waals surface area (Å²) in [7, 11) is 1.98. The van der Waals surface area contributed by atoms with Gasteiger partial charge < -0.3 is 10.2 Å². The van der Waals surface area contributed by atoms with Crippen molar-refractivity contribution in [1.82, 2.24) is 15.3 Å². The Balaban J connectivity index is 1.71. The van der Waals surface area contributed by atoms with Crippen molar-refractivity contribution in [3.05, 3.63) is 53.5 Å². The van der Waals surface area contributed by atoms with E-state index in [2.05, 4.69) is 27.4 Å². The molecule has 3 rings (SSSR count). The van der Waals surface area contributed by atoms with E-state index in [0.717, 1.165) is 25.2 Å². The summed E-state index contributed by atoms with van der Waals surface area (Å²) in [5, 5.41) is 3.13. The first-order valence-corrected chi connectivity index (χ1v) is 9.03. The van der Waals surface area contributed by atoms with E-state index in [1.807, 2.05) is 37.1 Å². The molecule has 1 aromatic carbocycles. The molecule has 5 nitrogen and oxygen atoms in total. The fourth-order valence-corrected chi connectivity index (χ4v) is 3.31. The highest BCUT2D eigenvalue weighted by Gasteiger charge is 2.19. The largest absolute Gasteiger partial charge is 0.355 e. The van der Waals surface area contributed by atoms with Crippen molar-refractivity contribution in [2.24, 2.45) is 0 Å². The van der Waals surface area contributed by atoms with Gasteiger partial charge in [-0.1, -0.05) is 49.6 Å². The lowest BCUT2D eigenvalue weighted by molar-refractivity contribution is 0.0922. The van der Waals surface area contributed by atoms with Crippen LogP contribution in [0.1, 0.15) is 54.0 Å². The standard InChI is InChI=1S/C20H26N4O/c1-15-21-18(20(25)23-17-11-7-4-8-12-17)13-19(22-15)24(2)14-16-9-5-3-6-10-16/h3,5-6,9-10,13,17H,4,7-8,11-12,14H2,1-2H3,(H,23,25). The maximum Gasteiger partial charge on any atom is 0.270 e. The van der Waals surface area contributed by atoms with E-state index in [1.165, 1.54) is 24.8 Å². The van der Waals surface area contributed by atoms with Gasteiger partial charge in [0.15, 0.2) is 0 Å². The molecular formula is C20H26N4O. The Hall–Kier alpha value is -2.43. The third-order valence-corrected chi connectivity index (χ3v) is 4.65. The number of hydrogen-bond acceptors (Lipinski definition) is 4. The zero-order valence-electron chi connectivity index (χ0n) is 15.0. The van der Waals surface area contributed by atoms with Gasteiger partial charge in [-0.3, -0.25) is 4.79 Å². The highest BCUT2D eigenvalue weighted by molar-refractivity contribution is 5.93. The van der Waals surface area contributed by atoms with Crippen molar-refractivity contribution >= 4 is 11.7 Å². The van der Waals surface area contributed by atoms with Crippen molar-refractivity contribution < 1.29 is 4.79 Å². The van der Waals surface area contributed by atoms with Gasteiger partial charge in [-0.2, -0.15) is 0 Å². The molecular weight excluding hydrogens is 312 g/mol. The van der Waals surface area contributed by atoms with Gasteiger partial charge in [-0.25, -0.2) is 9.97 Å². The van der Waals surface area contributed by atoms with E-state index >= 15 is 0 Å². The monoisotopic (exact) mass is 338 g/mol. The molecule has 1 aliphatic carbocycles. The van der Waals surface area contributed by atoms with Crippen LogP contribution >= 0.6 is 0 Å². The van der Waals surface area contributed by atoms with E-state index in [-0.39, 0.29) is 11.9 Å². The average molecular weight is 338 g/mol. The van der Waals surface area contributed by atoms with Crippen LogP contribution in [0.25, 0.3) is 0 Å². The number of amides is 1. The van der Waals surface area contributed by atoms with E-state index < -0.39 is 0 Å². The van der Waals surface area contributed by atoms with Crippen molar-refractivity contribution in [2.75, 3.05) is 11.9 Å². The van der Waals surface area contributed by atoms with Gasteiger partial charge in [-0.05, 0) is 25.3 Å². The van der Waals surface area contributed by atoms with Gasteiger partial charge in [0.1, 0.15) is 17.3 Å². The van der Waals surface area contributed by atoms with Gasteiger partial charge in [0.25, 0.3) is 5.91 Å². The Labute approximate surface area is 149 Å². The van der Waals surface area contributed by atoms with Crippen LogP contribution in [0.3, 0.4) is 0 Å². The zero-order valence-corrected chi connectivity index (χ0v) is 15.0. The molecule has 1 heterocycles. The minimum absolute atomic E-state index is 0.0910. The van der Waals surface area contributed by atoms with E-state index in [4.69, 9.17) is 0 Å². The zero-order chi connectivity index (χ0) is 17.6.